The topological polar surface area (TPSA) is 78.5 Å². The van der Waals surface area contributed by atoms with Crippen molar-refractivity contribution in [3.05, 3.63) is 60.2 Å². The fourth-order valence-electron chi connectivity index (χ4n) is 2.16. The Hall–Kier alpha value is -2.38. The third-order valence-electron chi connectivity index (χ3n) is 3.96. The lowest BCUT2D eigenvalue weighted by molar-refractivity contribution is 0.0950. The van der Waals surface area contributed by atoms with Gasteiger partial charge in [-0.2, -0.15) is 0 Å². The van der Waals surface area contributed by atoms with E-state index >= 15 is 0 Å². The summed E-state index contributed by atoms with van der Waals surface area (Å²) in [7, 11) is -0.349. The third kappa shape index (κ3) is 4.58. The van der Waals surface area contributed by atoms with E-state index in [1.54, 1.807) is 24.3 Å². The number of rotatable bonds is 7. The van der Waals surface area contributed by atoms with Crippen LogP contribution in [0, 0.1) is 0 Å². The number of benzene rings is 2. The summed E-state index contributed by atoms with van der Waals surface area (Å²) in [6.45, 7) is 2.45. The summed E-state index contributed by atoms with van der Waals surface area (Å²) in [6, 6.07) is 14.9. The summed E-state index contributed by atoms with van der Waals surface area (Å²) >= 11 is 0. The lowest BCUT2D eigenvalue weighted by atomic mass is 10.2. The van der Waals surface area contributed by atoms with Crippen molar-refractivity contribution in [1.29, 1.82) is 0 Å². The largest absolute Gasteiger partial charge is 0.350 e. The molecule has 0 spiro atoms. The second kappa shape index (κ2) is 8.13. The number of nitrogens with zero attached hydrogens (tertiary/aromatic N) is 1. The summed E-state index contributed by atoms with van der Waals surface area (Å²) in [4.78, 5) is 12.2. The van der Waals surface area contributed by atoms with Crippen molar-refractivity contribution >= 4 is 21.6 Å². The van der Waals surface area contributed by atoms with Crippen molar-refractivity contribution in [2.24, 2.45) is 0 Å². The summed E-state index contributed by atoms with van der Waals surface area (Å²) < 4.78 is 26.6. The van der Waals surface area contributed by atoms with Gasteiger partial charge in [0, 0.05) is 25.2 Å². The van der Waals surface area contributed by atoms with Gasteiger partial charge in [0.1, 0.15) is 0 Å². The molecular formula is C18H23N3O3S. The minimum atomic E-state index is -3.67. The van der Waals surface area contributed by atoms with Crippen molar-refractivity contribution in [1.82, 2.24) is 10.6 Å². The molecule has 0 aliphatic rings. The van der Waals surface area contributed by atoms with Crippen LogP contribution < -0.4 is 14.9 Å². The van der Waals surface area contributed by atoms with E-state index in [0.717, 1.165) is 0 Å². The first-order valence-corrected chi connectivity index (χ1v) is 9.39. The number of likely N-dealkylation sites (N-methyl/N-ethyl adjacent to an activating group) is 1. The number of nitrogens with one attached hydrogen (secondary N) is 2. The van der Waals surface area contributed by atoms with E-state index in [0.29, 0.717) is 17.8 Å². The van der Waals surface area contributed by atoms with E-state index in [1.165, 1.54) is 35.6 Å². The smallest absolute Gasteiger partial charge is 0.264 e. The van der Waals surface area contributed by atoms with Crippen LogP contribution in [0.3, 0.4) is 0 Å². The first kappa shape index (κ1) is 19.0. The zero-order valence-corrected chi connectivity index (χ0v) is 15.4. The molecule has 6 nitrogen and oxygen atoms in total. The lowest BCUT2D eigenvalue weighted by Gasteiger charge is -2.19. The number of hydrogen-bond acceptors (Lipinski definition) is 4. The SMILES string of the molecule is CNC(C)CNC(=O)c1ccc(S(=O)(=O)N(C)c2ccccc2)cc1. The van der Waals surface area contributed by atoms with E-state index < -0.39 is 10.0 Å². The minimum Gasteiger partial charge on any atom is -0.350 e. The molecule has 0 radical (unpaired) electrons. The van der Waals surface area contributed by atoms with E-state index in [2.05, 4.69) is 10.6 Å². The van der Waals surface area contributed by atoms with Crippen molar-refractivity contribution < 1.29 is 13.2 Å². The Morgan fingerprint density at radius 3 is 2.24 bits per heavy atom. The summed E-state index contributed by atoms with van der Waals surface area (Å²) in [5.74, 6) is -0.234. The van der Waals surface area contributed by atoms with E-state index in [9.17, 15) is 13.2 Å². The molecule has 0 aliphatic carbocycles. The zero-order valence-electron chi connectivity index (χ0n) is 14.6. The molecule has 0 saturated heterocycles. The molecule has 134 valence electrons. The van der Waals surface area contributed by atoms with Gasteiger partial charge in [0.25, 0.3) is 15.9 Å². The average Bonchev–Trinajstić information content (AvgIpc) is 2.65. The lowest BCUT2D eigenvalue weighted by Crippen LogP contribution is -2.37. The quantitative estimate of drug-likeness (QED) is 0.789. The highest BCUT2D eigenvalue weighted by atomic mass is 32.2. The van der Waals surface area contributed by atoms with Crippen LogP contribution in [0.15, 0.2) is 59.5 Å². The molecule has 0 heterocycles. The maximum absolute atomic E-state index is 12.7. The normalized spacial score (nSPS) is 12.4. The Kier molecular flexibility index (Phi) is 6.17. The van der Waals surface area contributed by atoms with Crippen LogP contribution in [0.25, 0.3) is 0 Å². The van der Waals surface area contributed by atoms with Gasteiger partial charge in [-0.25, -0.2) is 8.42 Å². The number of carbonyl (C=O) groups is 1. The highest BCUT2D eigenvalue weighted by Crippen LogP contribution is 2.21. The van der Waals surface area contributed by atoms with Crippen LogP contribution in [0.4, 0.5) is 5.69 Å². The number of amides is 1. The van der Waals surface area contributed by atoms with Crippen LogP contribution >= 0.6 is 0 Å². The van der Waals surface area contributed by atoms with Gasteiger partial charge in [0.05, 0.1) is 10.6 Å². The third-order valence-corrected chi connectivity index (χ3v) is 5.76. The number of sulfonamides is 1. The van der Waals surface area contributed by atoms with Gasteiger partial charge in [-0.3, -0.25) is 9.10 Å². The monoisotopic (exact) mass is 361 g/mol. The molecule has 0 aromatic heterocycles. The van der Waals surface area contributed by atoms with Gasteiger partial charge in [-0.1, -0.05) is 18.2 Å². The van der Waals surface area contributed by atoms with Gasteiger partial charge < -0.3 is 10.6 Å². The Morgan fingerprint density at radius 2 is 1.68 bits per heavy atom. The van der Waals surface area contributed by atoms with Gasteiger partial charge in [-0.05, 0) is 50.4 Å². The number of anilines is 1. The number of hydrogen-bond donors (Lipinski definition) is 2. The molecule has 0 saturated carbocycles. The summed E-state index contributed by atoms with van der Waals surface area (Å²) in [5.41, 5.74) is 0.995. The van der Waals surface area contributed by atoms with E-state index in [4.69, 9.17) is 0 Å². The fourth-order valence-corrected chi connectivity index (χ4v) is 3.36. The van der Waals surface area contributed by atoms with E-state index in [1.807, 2.05) is 20.0 Å². The second-order valence-corrected chi connectivity index (χ2v) is 7.70. The average molecular weight is 361 g/mol. The van der Waals surface area contributed by atoms with Crippen LogP contribution in [0.5, 0.6) is 0 Å². The first-order valence-electron chi connectivity index (χ1n) is 7.95. The molecule has 1 atom stereocenters. The molecule has 0 fully saturated rings. The maximum Gasteiger partial charge on any atom is 0.264 e. The van der Waals surface area contributed by atoms with Gasteiger partial charge in [0.15, 0.2) is 0 Å². The highest BCUT2D eigenvalue weighted by Gasteiger charge is 2.21. The summed E-state index contributed by atoms with van der Waals surface area (Å²) in [5, 5.41) is 5.82. The predicted octanol–water partition coefficient (Wildman–Crippen LogP) is 1.85. The Bertz CT molecular complexity index is 805. The fraction of sp³-hybridized carbons (Fsp3) is 0.278. The highest BCUT2D eigenvalue weighted by molar-refractivity contribution is 7.92. The Balaban J connectivity index is 2.14. The number of para-hydroxylation sites is 1. The van der Waals surface area contributed by atoms with Gasteiger partial charge >= 0.3 is 0 Å². The molecule has 2 N–H and O–H groups in total. The molecule has 1 unspecified atom stereocenters. The van der Waals surface area contributed by atoms with Crippen molar-refractivity contribution in [2.45, 2.75) is 17.9 Å². The van der Waals surface area contributed by atoms with Gasteiger partial charge in [-0.15, -0.1) is 0 Å². The molecule has 2 aromatic rings. The minimum absolute atomic E-state index is 0.138. The Labute approximate surface area is 148 Å². The molecular weight excluding hydrogens is 338 g/mol. The van der Waals surface area contributed by atoms with Crippen LogP contribution in [-0.4, -0.2) is 41.0 Å². The predicted molar refractivity (Wildman–Crippen MR) is 99.3 cm³/mol. The van der Waals surface area contributed by atoms with Crippen LogP contribution in [0.1, 0.15) is 17.3 Å². The van der Waals surface area contributed by atoms with Crippen molar-refractivity contribution in [3.63, 3.8) is 0 Å². The molecule has 0 aliphatic heterocycles. The van der Waals surface area contributed by atoms with Gasteiger partial charge in [0.2, 0.25) is 0 Å². The molecule has 2 aromatic carbocycles. The molecule has 7 heteroatoms. The molecule has 25 heavy (non-hydrogen) atoms. The van der Waals surface area contributed by atoms with Crippen molar-refractivity contribution in [3.8, 4) is 0 Å². The molecule has 2 rings (SSSR count). The molecule has 0 bridgehead atoms. The van der Waals surface area contributed by atoms with Crippen LogP contribution in [0.2, 0.25) is 0 Å². The first-order chi connectivity index (χ1) is 11.9. The summed E-state index contributed by atoms with van der Waals surface area (Å²) in [6.07, 6.45) is 0. The number of carbonyl (C=O) groups excluding carboxylic acids is 1. The van der Waals surface area contributed by atoms with E-state index in [-0.39, 0.29) is 16.8 Å². The van der Waals surface area contributed by atoms with Crippen LogP contribution in [-0.2, 0) is 10.0 Å². The zero-order chi connectivity index (χ0) is 18.4. The Morgan fingerprint density at radius 1 is 1.08 bits per heavy atom. The molecule has 1 amide bonds. The standard InChI is InChI=1S/C18H23N3O3S/c1-14(19-2)13-20-18(22)15-9-11-17(12-10-15)25(23,24)21(3)16-7-5-4-6-8-16/h4-12,14,19H,13H2,1-3H3,(H,20,22). The second-order valence-electron chi connectivity index (χ2n) is 5.73. The van der Waals surface area contributed by atoms with Crippen molar-refractivity contribution in [2.75, 3.05) is 24.9 Å². The maximum atomic E-state index is 12.7.